The van der Waals surface area contributed by atoms with Gasteiger partial charge in [-0.3, -0.25) is 4.40 Å². The van der Waals surface area contributed by atoms with Crippen molar-refractivity contribution in [1.82, 2.24) is 14.6 Å². The van der Waals surface area contributed by atoms with Crippen LogP contribution in [-0.4, -0.2) is 37.2 Å². The summed E-state index contributed by atoms with van der Waals surface area (Å²) in [4.78, 5) is 10.9. The van der Waals surface area contributed by atoms with E-state index in [-0.39, 0.29) is 5.56 Å². The third-order valence-corrected chi connectivity index (χ3v) is 4.32. The molecule has 1 aliphatic rings. The second kappa shape index (κ2) is 4.61. The number of hydrogen-bond donors (Lipinski definition) is 1. The number of carboxylic acids is 1. The molecule has 2 aromatic rings. The Morgan fingerprint density at radius 1 is 1.39 bits per heavy atom. The van der Waals surface area contributed by atoms with E-state index in [1.54, 1.807) is 18.3 Å². The molecule has 0 aliphatic carbocycles. The van der Waals surface area contributed by atoms with E-state index in [1.165, 1.54) is 0 Å². The highest BCUT2D eigenvalue weighted by molar-refractivity contribution is 7.99. The maximum absolute atomic E-state index is 10.9. The molecule has 6 heteroatoms. The molecule has 18 heavy (non-hydrogen) atoms. The van der Waals surface area contributed by atoms with Gasteiger partial charge in [-0.25, -0.2) is 4.79 Å². The summed E-state index contributed by atoms with van der Waals surface area (Å²) in [5.74, 6) is 2.79. The zero-order valence-electron chi connectivity index (χ0n) is 9.74. The average Bonchev–Trinajstić information content (AvgIpc) is 2.82. The Labute approximate surface area is 108 Å². The van der Waals surface area contributed by atoms with Crippen LogP contribution in [0.5, 0.6) is 0 Å². The number of hydrogen-bond acceptors (Lipinski definition) is 4. The first-order valence-electron chi connectivity index (χ1n) is 5.91. The molecule has 1 N–H and O–H groups in total. The second-order valence-corrected chi connectivity index (χ2v) is 5.62. The van der Waals surface area contributed by atoms with Crippen molar-refractivity contribution in [3.05, 3.63) is 29.7 Å². The van der Waals surface area contributed by atoms with Crippen LogP contribution in [0.4, 0.5) is 0 Å². The van der Waals surface area contributed by atoms with Crippen molar-refractivity contribution in [3.63, 3.8) is 0 Å². The summed E-state index contributed by atoms with van der Waals surface area (Å²) in [7, 11) is 0. The van der Waals surface area contributed by atoms with Gasteiger partial charge in [0, 0.05) is 12.1 Å². The van der Waals surface area contributed by atoms with Gasteiger partial charge in [0.1, 0.15) is 5.82 Å². The Hall–Kier alpha value is -1.56. The first-order valence-corrected chi connectivity index (χ1v) is 7.07. The van der Waals surface area contributed by atoms with Gasteiger partial charge in [0.05, 0.1) is 5.56 Å². The zero-order chi connectivity index (χ0) is 12.5. The highest BCUT2D eigenvalue weighted by Gasteiger charge is 2.21. The fraction of sp³-hybridized carbons (Fsp3) is 0.417. The van der Waals surface area contributed by atoms with Crippen LogP contribution in [0.1, 0.15) is 34.9 Å². The molecule has 94 valence electrons. The van der Waals surface area contributed by atoms with E-state index in [4.69, 9.17) is 5.11 Å². The van der Waals surface area contributed by atoms with Crippen molar-refractivity contribution in [2.24, 2.45) is 0 Å². The van der Waals surface area contributed by atoms with Crippen molar-refractivity contribution in [1.29, 1.82) is 0 Å². The van der Waals surface area contributed by atoms with Gasteiger partial charge in [0.15, 0.2) is 5.65 Å². The Morgan fingerprint density at radius 3 is 2.89 bits per heavy atom. The lowest BCUT2D eigenvalue weighted by Crippen LogP contribution is -2.11. The largest absolute Gasteiger partial charge is 0.478 e. The van der Waals surface area contributed by atoms with Crippen molar-refractivity contribution < 1.29 is 9.90 Å². The molecule has 0 aromatic carbocycles. The molecular formula is C12H13N3O2S. The van der Waals surface area contributed by atoms with Gasteiger partial charge >= 0.3 is 5.97 Å². The fourth-order valence-corrected chi connectivity index (χ4v) is 3.38. The second-order valence-electron chi connectivity index (χ2n) is 4.39. The standard InChI is InChI=1S/C12H13N3O2S/c16-12(17)9-1-4-15-10(7-9)13-14-11(15)8-2-5-18-6-3-8/h1,4,7-8H,2-3,5-6H2,(H,16,17). The van der Waals surface area contributed by atoms with Crippen molar-refractivity contribution in [2.75, 3.05) is 11.5 Å². The van der Waals surface area contributed by atoms with Gasteiger partial charge in [-0.15, -0.1) is 10.2 Å². The molecule has 3 rings (SSSR count). The number of nitrogens with zero attached hydrogens (tertiary/aromatic N) is 3. The van der Waals surface area contributed by atoms with E-state index < -0.39 is 5.97 Å². The molecule has 0 radical (unpaired) electrons. The van der Waals surface area contributed by atoms with Crippen LogP contribution in [0.2, 0.25) is 0 Å². The molecule has 0 saturated carbocycles. The average molecular weight is 263 g/mol. The van der Waals surface area contributed by atoms with Crippen LogP contribution in [0.25, 0.3) is 5.65 Å². The highest BCUT2D eigenvalue weighted by atomic mass is 32.2. The number of aromatic carboxylic acids is 1. The molecule has 1 saturated heterocycles. The molecule has 2 aromatic heterocycles. The van der Waals surface area contributed by atoms with Crippen LogP contribution in [0.3, 0.4) is 0 Å². The summed E-state index contributed by atoms with van der Waals surface area (Å²) in [5, 5.41) is 17.2. The summed E-state index contributed by atoms with van der Waals surface area (Å²) in [6, 6.07) is 3.16. The van der Waals surface area contributed by atoms with E-state index in [0.717, 1.165) is 30.2 Å². The molecule has 0 spiro atoms. The van der Waals surface area contributed by atoms with Gasteiger partial charge in [0.25, 0.3) is 0 Å². The first kappa shape index (κ1) is 11.5. The Kier molecular flexibility index (Phi) is 2.95. The number of pyridine rings is 1. The van der Waals surface area contributed by atoms with Crippen molar-refractivity contribution in [3.8, 4) is 0 Å². The van der Waals surface area contributed by atoms with E-state index in [2.05, 4.69) is 10.2 Å². The number of thioether (sulfide) groups is 1. The molecule has 1 aliphatic heterocycles. The minimum absolute atomic E-state index is 0.251. The van der Waals surface area contributed by atoms with E-state index in [0.29, 0.717) is 11.6 Å². The molecule has 0 unspecified atom stereocenters. The third kappa shape index (κ3) is 1.96. The predicted octanol–water partition coefficient (Wildman–Crippen LogP) is 2.04. The minimum Gasteiger partial charge on any atom is -0.478 e. The Morgan fingerprint density at radius 2 is 2.17 bits per heavy atom. The Bertz CT molecular complexity index is 590. The summed E-state index contributed by atoms with van der Waals surface area (Å²) in [5.41, 5.74) is 0.865. The van der Waals surface area contributed by atoms with Crippen molar-refractivity contribution in [2.45, 2.75) is 18.8 Å². The van der Waals surface area contributed by atoms with E-state index in [9.17, 15) is 4.79 Å². The van der Waals surface area contributed by atoms with Gasteiger partial charge < -0.3 is 5.11 Å². The molecule has 0 bridgehead atoms. The number of carbonyl (C=O) groups is 1. The SMILES string of the molecule is O=C(O)c1ccn2c(C3CCSCC3)nnc2c1. The molecule has 5 nitrogen and oxygen atoms in total. The summed E-state index contributed by atoms with van der Waals surface area (Å²) >= 11 is 1.97. The number of carboxylic acid groups (broad SMARTS) is 1. The molecule has 0 atom stereocenters. The van der Waals surface area contributed by atoms with Crippen LogP contribution < -0.4 is 0 Å². The van der Waals surface area contributed by atoms with Gasteiger partial charge in [0.2, 0.25) is 0 Å². The lowest BCUT2D eigenvalue weighted by Gasteiger charge is -2.19. The van der Waals surface area contributed by atoms with Crippen LogP contribution >= 0.6 is 11.8 Å². The summed E-state index contributed by atoms with van der Waals surface area (Å²) < 4.78 is 1.91. The summed E-state index contributed by atoms with van der Waals surface area (Å²) in [6.45, 7) is 0. The lowest BCUT2D eigenvalue weighted by atomic mass is 10.0. The fourth-order valence-electron chi connectivity index (χ4n) is 2.28. The maximum atomic E-state index is 10.9. The normalized spacial score (nSPS) is 17.1. The predicted molar refractivity (Wildman–Crippen MR) is 69.2 cm³/mol. The molecule has 1 fully saturated rings. The van der Waals surface area contributed by atoms with Gasteiger partial charge in [-0.1, -0.05) is 0 Å². The smallest absolute Gasteiger partial charge is 0.335 e. The first-order chi connectivity index (χ1) is 8.75. The maximum Gasteiger partial charge on any atom is 0.335 e. The quantitative estimate of drug-likeness (QED) is 0.898. The van der Waals surface area contributed by atoms with E-state index in [1.807, 2.05) is 16.2 Å². The highest BCUT2D eigenvalue weighted by Crippen LogP contribution is 2.30. The molecule has 0 amide bonds. The number of fused-ring (bicyclic) bond motifs is 1. The molecular weight excluding hydrogens is 250 g/mol. The minimum atomic E-state index is -0.934. The number of rotatable bonds is 2. The topological polar surface area (TPSA) is 67.5 Å². The van der Waals surface area contributed by atoms with E-state index >= 15 is 0 Å². The van der Waals surface area contributed by atoms with Crippen LogP contribution in [0, 0.1) is 0 Å². The van der Waals surface area contributed by atoms with Crippen LogP contribution in [0.15, 0.2) is 18.3 Å². The zero-order valence-corrected chi connectivity index (χ0v) is 10.6. The monoisotopic (exact) mass is 263 g/mol. The Balaban J connectivity index is 2.01. The van der Waals surface area contributed by atoms with Gasteiger partial charge in [-0.2, -0.15) is 11.8 Å². The third-order valence-electron chi connectivity index (χ3n) is 3.27. The van der Waals surface area contributed by atoms with Gasteiger partial charge in [-0.05, 0) is 36.5 Å². The lowest BCUT2D eigenvalue weighted by molar-refractivity contribution is 0.0697. The van der Waals surface area contributed by atoms with Crippen LogP contribution in [-0.2, 0) is 0 Å². The summed E-state index contributed by atoms with van der Waals surface area (Å²) in [6.07, 6.45) is 3.99. The number of aromatic nitrogens is 3. The molecule has 3 heterocycles. The van der Waals surface area contributed by atoms with Crippen molar-refractivity contribution >= 4 is 23.4 Å².